The minimum absolute atomic E-state index is 0.236. The molecule has 4 rings (SSSR count). The van der Waals surface area contributed by atoms with Crippen LogP contribution in [0.25, 0.3) is 0 Å². The zero-order chi connectivity index (χ0) is 19.0. The molecule has 1 aliphatic heterocycles. The van der Waals surface area contributed by atoms with Crippen LogP contribution in [-0.2, 0) is 6.42 Å². The van der Waals surface area contributed by atoms with Gasteiger partial charge in [-0.15, -0.1) is 0 Å². The third-order valence-corrected chi connectivity index (χ3v) is 4.86. The van der Waals surface area contributed by atoms with Crippen LogP contribution in [0.15, 0.2) is 59.7 Å². The number of nitrogens with zero attached hydrogens (tertiary/aromatic N) is 2. The molecule has 0 unspecified atom stereocenters. The van der Waals surface area contributed by atoms with Gasteiger partial charge >= 0.3 is 0 Å². The van der Waals surface area contributed by atoms with E-state index in [1.54, 1.807) is 42.6 Å². The Morgan fingerprint density at radius 1 is 1.11 bits per heavy atom. The van der Waals surface area contributed by atoms with Crippen LogP contribution >= 0.6 is 23.2 Å². The molecule has 4 nitrogen and oxygen atoms in total. The van der Waals surface area contributed by atoms with E-state index in [2.05, 4.69) is 21.4 Å². The first-order valence-electron chi connectivity index (χ1n) is 8.39. The largest absolute Gasteiger partial charge is 0.322 e. The van der Waals surface area contributed by atoms with Crippen molar-refractivity contribution in [1.82, 2.24) is 4.98 Å². The van der Waals surface area contributed by atoms with Crippen molar-refractivity contribution >= 4 is 46.3 Å². The molecule has 0 saturated heterocycles. The molecule has 3 aromatic rings. The number of benzene rings is 2. The lowest BCUT2D eigenvalue weighted by molar-refractivity contribution is 0.102. The number of amides is 1. The summed E-state index contributed by atoms with van der Waals surface area (Å²) in [5, 5.41) is 3.98. The second kappa shape index (κ2) is 7.14. The summed E-state index contributed by atoms with van der Waals surface area (Å²) in [6.45, 7) is 2.00. The summed E-state index contributed by atoms with van der Waals surface area (Å²) in [5.74, 6) is 0.486. The molecule has 6 heteroatoms. The zero-order valence-electron chi connectivity index (χ0n) is 14.5. The van der Waals surface area contributed by atoms with Crippen LogP contribution in [0.4, 0.5) is 11.5 Å². The van der Waals surface area contributed by atoms with Crippen molar-refractivity contribution in [2.45, 2.75) is 13.3 Å². The Morgan fingerprint density at radius 3 is 2.78 bits per heavy atom. The van der Waals surface area contributed by atoms with Crippen LogP contribution in [0.2, 0.25) is 10.0 Å². The third kappa shape index (κ3) is 3.72. The number of nitrogens with one attached hydrogen (secondary N) is 1. The zero-order valence-corrected chi connectivity index (χ0v) is 16.0. The fraction of sp³-hybridized carbons (Fsp3) is 0.0952. The Labute approximate surface area is 166 Å². The monoisotopic (exact) mass is 395 g/mol. The summed E-state index contributed by atoms with van der Waals surface area (Å²) in [6, 6.07) is 14.2. The lowest BCUT2D eigenvalue weighted by atomic mass is 10.0. The molecule has 0 fully saturated rings. The third-order valence-electron chi connectivity index (χ3n) is 4.30. The average molecular weight is 396 g/mol. The van der Waals surface area contributed by atoms with E-state index in [1.165, 1.54) is 0 Å². The summed E-state index contributed by atoms with van der Waals surface area (Å²) >= 11 is 12.4. The highest BCUT2D eigenvalue weighted by Crippen LogP contribution is 2.31. The van der Waals surface area contributed by atoms with E-state index in [9.17, 15) is 4.79 Å². The lowest BCUT2D eigenvalue weighted by Crippen LogP contribution is -2.12. The molecule has 1 amide bonds. The Hall–Kier alpha value is -2.69. The van der Waals surface area contributed by atoms with Crippen molar-refractivity contribution in [1.29, 1.82) is 0 Å². The van der Waals surface area contributed by atoms with Gasteiger partial charge in [0, 0.05) is 45.0 Å². The summed E-state index contributed by atoms with van der Waals surface area (Å²) < 4.78 is 0. The molecule has 0 spiro atoms. The van der Waals surface area contributed by atoms with Crippen LogP contribution in [0, 0.1) is 6.92 Å². The number of carbonyl (C=O) groups excluding carboxylic acids is 1. The second-order valence-electron chi connectivity index (χ2n) is 6.39. The number of halogens is 2. The molecular formula is C21H15Cl2N3O. The van der Waals surface area contributed by atoms with E-state index in [0.717, 1.165) is 28.2 Å². The van der Waals surface area contributed by atoms with Crippen molar-refractivity contribution in [2.24, 2.45) is 4.99 Å². The predicted octanol–water partition coefficient (Wildman–Crippen LogP) is 5.63. The van der Waals surface area contributed by atoms with Crippen LogP contribution in [0.1, 0.15) is 27.0 Å². The highest BCUT2D eigenvalue weighted by Gasteiger charge is 2.20. The Bertz CT molecular complexity index is 1090. The SMILES string of the molecule is Cc1cnc2c(c1)CC(c1cc(NC(=O)c3cccc(Cl)c3)ccc1Cl)=N2. The number of rotatable bonds is 3. The number of hydrogen-bond acceptors (Lipinski definition) is 3. The first kappa shape index (κ1) is 17.7. The maximum Gasteiger partial charge on any atom is 0.255 e. The molecule has 1 N–H and O–H groups in total. The molecule has 1 aromatic heterocycles. The van der Waals surface area contributed by atoms with Crippen LogP contribution in [0.5, 0.6) is 0 Å². The van der Waals surface area contributed by atoms with Crippen molar-refractivity contribution < 1.29 is 4.79 Å². The molecule has 0 aliphatic carbocycles. The van der Waals surface area contributed by atoms with Gasteiger partial charge in [-0.05, 0) is 48.9 Å². The minimum atomic E-state index is -0.236. The molecule has 1 aliphatic rings. The fourth-order valence-electron chi connectivity index (χ4n) is 3.01. The van der Waals surface area contributed by atoms with Gasteiger partial charge in [0.15, 0.2) is 5.82 Å². The van der Waals surface area contributed by atoms with Gasteiger partial charge in [-0.2, -0.15) is 0 Å². The number of pyridine rings is 1. The lowest BCUT2D eigenvalue weighted by Gasteiger charge is -2.09. The number of anilines is 1. The van der Waals surface area contributed by atoms with Gasteiger partial charge in [0.1, 0.15) is 0 Å². The molecule has 2 heterocycles. The van der Waals surface area contributed by atoms with E-state index in [-0.39, 0.29) is 5.91 Å². The highest BCUT2D eigenvalue weighted by atomic mass is 35.5. The molecule has 0 atom stereocenters. The summed E-state index contributed by atoms with van der Waals surface area (Å²) in [5.41, 5.74) is 4.93. The van der Waals surface area contributed by atoms with Crippen LogP contribution in [-0.4, -0.2) is 16.6 Å². The number of aryl methyl sites for hydroxylation is 1. The summed E-state index contributed by atoms with van der Waals surface area (Å²) in [7, 11) is 0. The standard InChI is InChI=1S/C21H15Cl2N3O/c1-12-7-14-9-19(26-20(14)24-11-12)17-10-16(5-6-18(17)23)25-21(27)13-3-2-4-15(22)8-13/h2-8,10-11H,9H2,1H3,(H,25,27). The van der Waals surface area contributed by atoms with Crippen molar-refractivity contribution in [3.8, 4) is 0 Å². The second-order valence-corrected chi connectivity index (χ2v) is 7.23. The fourth-order valence-corrected chi connectivity index (χ4v) is 3.43. The van der Waals surface area contributed by atoms with Gasteiger partial charge in [-0.25, -0.2) is 9.98 Å². The van der Waals surface area contributed by atoms with Gasteiger partial charge in [-0.3, -0.25) is 4.79 Å². The first-order valence-corrected chi connectivity index (χ1v) is 9.15. The van der Waals surface area contributed by atoms with E-state index >= 15 is 0 Å². The normalized spacial score (nSPS) is 12.5. The highest BCUT2D eigenvalue weighted by molar-refractivity contribution is 6.35. The molecule has 2 aromatic carbocycles. The van der Waals surface area contributed by atoms with E-state index < -0.39 is 0 Å². The topological polar surface area (TPSA) is 54.4 Å². The van der Waals surface area contributed by atoms with Crippen molar-refractivity contribution in [3.05, 3.63) is 87.0 Å². The Kier molecular flexibility index (Phi) is 4.68. The van der Waals surface area contributed by atoms with E-state index in [1.807, 2.05) is 13.0 Å². The number of aromatic nitrogens is 1. The summed E-state index contributed by atoms with van der Waals surface area (Å²) in [6.07, 6.45) is 2.46. The molecular weight excluding hydrogens is 381 g/mol. The van der Waals surface area contributed by atoms with Gasteiger partial charge < -0.3 is 5.32 Å². The maximum atomic E-state index is 12.5. The Balaban J connectivity index is 1.60. The molecule has 27 heavy (non-hydrogen) atoms. The van der Waals surface area contributed by atoms with Crippen LogP contribution in [0.3, 0.4) is 0 Å². The van der Waals surface area contributed by atoms with Gasteiger partial charge in [0.25, 0.3) is 5.91 Å². The number of carbonyl (C=O) groups is 1. The van der Waals surface area contributed by atoms with E-state index in [4.69, 9.17) is 23.2 Å². The number of aliphatic imine (C=N–C) groups is 1. The Morgan fingerprint density at radius 2 is 1.96 bits per heavy atom. The first-order chi connectivity index (χ1) is 13.0. The van der Waals surface area contributed by atoms with Gasteiger partial charge in [0.05, 0.1) is 5.71 Å². The van der Waals surface area contributed by atoms with Crippen molar-refractivity contribution in [2.75, 3.05) is 5.32 Å². The molecule has 0 bridgehead atoms. The van der Waals surface area contributed by atoms with Gasteiger partial charge in [-0.1, -0.05) is 35.3 Å². The quantitative estimate of drug-likeness (QED) is 0.624. The molecule has 0 saturated carbocycles. The number of hydrogen-bond donors (Lipinski definition) is 1. The van der Waals surface area contributed by atoms with Gasteiger partial charge in [0.2, 0.25) is 0 Å². The smallest absolute Gasteiger partial charge is 0.255 e. The average Bonchev–Trinajstić information content (AvgIpc) is 3.06. The molecule has 0 radical (unpaired) electrons. The molecule has 134 valence electrons. The summed E-state index contributed by atoms with van der Waals surface area (Å²) in [4.78, 5) is 21.4. The minimum Gasteiger partial charge on any atom is -0.322 e. The predicted molar refractivity (Wildman–Crippen MR) is 110 cm³/mol. The van der Waals surface area contributed by atoms with E-state index in [0.29, 0.717) is 27.7 Å². The maximum absolute atomic E-state index is 12.5. The number of fused-ring (bicyclic) bond motifs is 1. The van der Waals surface area contributed by atoms with Crippen LogP contribution < -0.4 is 5.32 Å². The van der Waals surface area contributed by atoms with Crippen molar-refractivity contribution in [3.63, 3.8) is 0 Å².